The third kappa shape index (κ3) is 3.77. The smallest absolute Gasteiger partial charge is 0.266 e. The standard InChI is InChI=1S/C16H15Cl2NO3S2/c1-3-8(2)13(15(21)22)19-14(20)12(24-16(19)23)7-9-10(17)5-4-6-11(9)18/h4-8,13H,3H2,1-2H3,(H,21,22)/p-1/b12-7-/t8-,13+/m1/s1. The van der Waals surface area contributed by atoms with Crippen LogP contribution in [0.4, 0.5) is 0 Å². The maximum absolute atomic E-state index is 12.7. The molecule has 2 rings (SSSR count). The van der Waals surface area contributed by atoms with Gasteiger partial charge in [-0.25, -0.2) is 0 Å². The maximum Gasteiger partial charge on any atom is 0.266 e. The number of hydrogen-bond donors (Lipinski definition) is 0. The Bertz CT molecular complexity index is 716. The van der Waals surface area contributed by atoms with Crippen LogP contribution in [0.15, 0.2) is 23.1 Å². The van der Waals surface area contributed by atoms with Crippen molar-refractivity contribution in [2.24, 2.45) is 5.92 Å². The molecule has 1 heterocycles. The SMILES string of the molecule is CC[C@@H](C)[C@@H](C(=O)[O-])N1C(=O)/C(=C/c2c(Cl)cccc2Cl)SC1=S. The number of carboxylic acid groups (broad SMARTS) is 1. The first-order valence-electron chi connectivity index (χ1n) is 7.19. The van der Waals surface area contributed by atoms with E-state index in [9.17, 15) is 14.7 Å². The predicted molar refractivity (Wildman–Crippen MR) is 99.7 cm³/mol. The van der Waals surface area contributed by atoms with Crippen molar-refractivity contribution >= 4 is 69.5 Å². The predicted octanol–water partition coefficient (Wildman–Crippen LogP) is 3.36. The van der Waals surface area contributed by atoms with Gasteiger partial charge in [0.25, 0.3) is 5.91 Å². The van der Waals surface area contributed by atoms with E-state index in [0.29, 0.717) is 22.0 Å². The minimum Gasteiger partial charge on any atom is -0.548 e. The van der Waals surface area contributed by atoms with Crippen molar-refractivity contribution < 1.29 is 14.7 Å². The van der Waals surface area contributed by atoms with Gasteiger partial charge in [-0.2, -0.15) is 0 Å². The highest BCUT2D eigenvalue weighted by molar-refractivity contribution is 8.26. The molecule has 1 aliphatic heterocycles. The lowest BCUT2D eigenvalue weighted by molar-refractivity contribution is -0.311. The Morgan fingerprint density at radius 3 is 2.50 bits per heavy atom. The first-order chi connectivity index (χ1) is 11.3. The molecule has 0 radical (unpaired) electrons. The van der Waals surface area contributed by atoms with E-state index in [2.05, 4.69) is 0 Å². The molecule has 1 aromatic rings. The summed E-state index contributed by atoms with van der Waals surface area (Å²) in [5.41, 5.74) is 0.495. The van der Waals surface area contributed by atoms with Crippen molar-refractivity contribution in [2.75, 3.05) is 0 Å². The summed E-state index contributed by atoms with van der Waals surface area (Å²) in [5, 5.41) is 12.3. The summed E-state index contributed by atoms with van der Waals surface area (Å²) < 4.78 is 0.184. The molecule has 1 saturated heterocycles. The fourth-order valence-electron chi connectivity index (χ4n) is 2.31. The Kier molecular flexibility index (Phi) is 6.31. The minimum absolute atomic E-state index is 0.184. The number of aliphatic carboxylic acids is 1. The lowest BCUT2D eigenvalue weighted by Crippen LogP contribution is -2.53. The van der Waals surface area contributed by atoms with Crippen LogP contribution in [-0.4, -0.2) is 27.1 Å². The number of halogens is 2. The number of carboxylic acids is 1. The Labute approximate surface area is 159 Å². The number of hydrogen-bond acceptors (Lipinski definition) is 5. The first-order valence-corrected chi connectivity index (χ1v) is 9.17. The van der Waals surface area contributed by atoms with Crippen molar-refractivity contribution in [3.05, 3.63) is 38.7 Å². The van der Waals surface area contributed by atoms with Crippen LogP contribution < -0.4 is 5.11 Å². The topological polar surface area (TPSA) is 60.4 Å². The highest BCUT2D eigenvalue weighted by Gasteiger charge is 2.39. The fraction of sp³-hybridized carbons (Fsp3) is 0.312. The van der Waals surface area contributed by atoms with E-state index in [1.807, 2.05) is 6.92 Å². The monoisotopic (exact) mass is 402 g/mol. The van der Waals surface area contributed by atoms with Crippen LogP contribution in [0, 0.1) is 5.92 Å². The van der Waals surface area contributed by atoms with Crippen LogP contribution in [0.25, 0.3) is 6.08 Å². The van der Waals surface area contributed by atoms with Crippen LogP contribution in [0.3, 0.4) is 0 Å². The summed E-state index contributed by atoms with van der Waals surface area (Å²) in [5.74, 6) is -2.09. The van der Waals surface area contributed by atoms with Crippen LogP contribution in [0.1, 0.15) is 25.8 Å². The molecule has 0 spiro atoms. The summed E-state index contributed by atoms with van der Waals surface area (Å²) in [7, 11) is 0. The van der Waals surface area contributed by atoms with Crippen molar-refractivity contribution in [3.63, 3.8) is 0 Å². The molecule has 0 saturated carbocycles. The molecule has 1 amide bonds. The van der Waals surface area contributed by atoms with Gasteiger partial charge in [0.05, 0.1) is 16.9 Å². The van der Waals surface area contributed by atoms with Crippen molar-refractivity contribution in [3.8, 4) is 0 Å². The van der Waals surface area contributed by atoms with E-state index in [4.69, 9.17) is 35.4 Å². The summed E-state index contributed by atoms with van der Waals surface area (Å²) >= 11 is 18.5. The Balaban J connectivity index is 2.42. The first kappa shape index (κ1) is 19.2. The number of carbonyl (C=O) groups is 2. The zero-order chi connectivity index (χ0) is 18.0. The third-order valence-corrected chi connectivity index (χ3v) is 5.79. The molecule has 0 aliphatic carbocycles. The Hall–Kier alpha value is -1.08. The average molecular weight is 403 g/mol. The van der Waals surface area contributed by atoms with Gasteiger partial charge in [-0.1, -0.05) is 73.5 Å². The minimum atomic E-state index is -1.32. The summed E-state index contributed by atoms with van der Waals surface area (Å²) in [4.78, 5) is 25.6. The molecule has 8 heteroatoms. The molecule has 1 fully saturated rings. The lowest BCUT2D eigenvalue weighted by Gasteiger charge is -2.32. The number of thiocarbonyl (C=S) groups is 1. The quantitative estimate of drug-likeness (QED) is 0.558. The van der Waals surface area contributed by atoms with Gasteiger partial charge in [0.1, 0.15) is 4.32 Å². The molecule has 0 unspecified atom stereocenters. The molecular formula is C16H14Cl2NO3S2-. The van der Waals surface area contributed by atoms with E-state index in [1.54, 1.807) is 25.1 Å². The highest BCUT2D eigenvalue weighted by atomic mass is 35.5. The Morgan fingerprint density at radius 2 is 2.00 bits per heavy atom. The average Bonchev–Trinajstić information content (AvgIpc) is 2.78. The molecule has 0 bridgehead atoms. The lowest BCUT2D eigenvalue weighted by atomic mass is 9.98. The maximum atomic E-state index is 12.7. The van der Waals surface area contributed by atoms with E-state index >= 15 is 0 Å². The number of carbonyl (C=O) groups excluding carboxylic acids is 2. The fourth-order valence-corrected chi connectivity index (χ4v) is 4.13. The van der Waals surface area contributed by atoms with Crippen LogP contribution in [-0.2, 0) is 9.59 Å². The second-order valence-electron chi connectivity index (χ2n) is 5.34. The van der Waals surface area contributed by atoms with E-state index < -0.39 is 17.9 Å². The molecule has 0 N–H and O–H groups in total. The molecule has 128 valence electrons. The second-order valence-corrected chi connectivity index (χ2v) is 7.83. The number of thioether (sulfide) groups is 1. The van der Waals surface area contributed by atoms with Gasteiger partial charge in [-0.3, -0.25) is 9.69 Å². The Morgan fingerprint density at radius 1 is 1.42 bits per heavy atom. The van der Waals surface area contributed by atoms with Crippen LogP contribution in [0.5, 0.6) is 0 Å². The third-order valence-electron chi connectivity index (χ3n) is 3.80. The van der Waals surface area contributed by atoms with Crippen molar-refractivity contribution in [1.29, 1.82) is 0 Å². The zero-order valence-electron chi connectivity index (χ0n) is 12.9. The van der Waals surface area contributed by atoms with E-state index in [-0.39, 0.29) is 15.1 Å². The van der Waals surface area contributed by atoms with Gasteiger partial charge in [-0.05, 0) is 24.1 Å². The number of benzene rings is 1. The summed E-state index contributed by atoms with van der Waals surface area (Å²) in [6.07, 6.45) is 2.11. The molecule has 1 aliphatic rings. The van der Waals surface area contributed by atoms with Gasteiger partial charge in [-0.15, -0.1) is 0 Å². The molecule has 2 atom stereocenters. The molecule has 24 heavy (non-hydrogen) atoms. The van der Waals surface area contributed by atoms with Gasteiger partial charge < -0.3 is 9.90 Å². The molecule has 1 aromatic carbocycles. The number of rotatable bonds is 5. The van der Waals surface area contributed by atoms with Crippen LogP contribution in [0.2, 0.25) is 10.0 Å². The van der Waals surface area contributed by atoms with Crippen molar-refractivity contribution in [1.82, 2.24) is 4.90 Å². The van der Waals surface area contributed by atoms with Gasteiger partial charge in [0.15, 0.2) is 0 Å². The molecular weight excluding hydrogens is 389 g/mol. The van der Waals surface area contributed by atoms with E-state index in [1.165, 1.54) is 6.08 Å². The normalized spacial score (nSPS) is 19.0. The summed E-state index contributed by atoms with van der Waals surface area (Å²) in [6.45, 7) is 3.59. The summed E-state index contributed by atoms with van der Waals surface area (Å²) in [6, 6.07) is 3.91. The largest absolute Gasteiger partial charge is 0.548 e. The van der Waals surface area contributed by atoms with E-state index in [0.717, 1.165) is 16.7 Å². The number of nitrogens with zero attached hydrogens (tertiary/aromatic N) is 1. The van der Waals surface area contributed by atoms with Gasteiger partial charge in [0, 0.05) is 15.6 Å². The number of amides is 1. The van der Waals surface area contributed by atoms with Gasteiger partial charge >= 0.3 is 0 Å². The second kappa shape index (κ2) is 7.87. The van der Waals surface area contributed by atoms with Gasteiger partial charge in [0.2, 0.25) is 0 Å². The molecule has 0 aromatic heterocycles. The zero-order valence-corrected chi connectivity index (χ0v) is 16.1. The van der Waals surface area contributed by atoms with Crippen LogP contribution >= 0.6 is 47.2 Å². The van der Waals surface area contributed by atoms with Crippen molar-refractivity contribution in [2.45, 2.75) is 26.3 Å². The highest BCUT2D eigenvalue weighted by Crippen LogP contribution is 2.37. The molecule has 4 nitrogen and oxygen atoms in total.